The lowest BCUT2D eigenvalue weighted by Gasteiger charge is -2.47. The molecule has 0 aliphatic carbocycles. The van der Waals surface area contributed by atoms with Crippen LogP contribution in [0.2, 0.25) is 0 Å². The minimum absolute atomic E-state index is 0.0197. The lowest BCUT2D eigenvalue weighted by molar-refractivity contribution is 0.0473. The van der Waals surface area contributed by atoms with E-state index < -0.39 is 11.6 Å². The number of halogens is 2. The van der Waals surface area contributed by atoms with Crippen molar-refractivity contribution in [3.05, 3.63) is 35.4 Å². The minimum atomic E-state index is -0.506. The van der Waals surface area contributed by atoms with Gasteiger partial charge in [0.2, 0.25) is 0 Å². The van der Waals surface area contributed by atoms with Crippen LogP contribution in [0.15, 0.2) is 18.2 Å². The van der Waals surface area contributed by atoms with Gasteiger partial charge in [0, 0.05) is 37.3 Å². The van der Waals surface area contributed by atoms with E-state index >= 15 is 0 Å². The molecule has 1 atom stereocenters. The third-order valence-corrected chi connectivity index (χ3v) is 4.17. The first-order valence-electron chi connectivity index (χ1n) is 7.21. The number of nitrogens with one attached hydrogen (secondary N) is 1. The summed E-state index contributed by atoms with van der Waals surface area (Å²) in [5, 5.41) is 3.56. The van der Waals surface area contributed by atoms with Crippen LogP contribution in [0.5, 0.6) is 0 Å². The zero-order chi connectivity index (χ0) is 14.9. The van der Waals surface area contributed by atoms with Gasteiger partial charge in [0.1, 0.15) is 11.6 Å². The van der Waals surface area contributed by atoms with Crippen molar-refractivity contribution >= 4 is 0 Å². The van der Waals surface area contributed by atoms with Gasteiger partial charge in [-0.2, -0.15) is 0 Å². The molecular formula is C16H24F2N2. The molecule has 1 fully saturated rings. The van der Waals surface area contributed by atoms with E-state index in [0.717, 1.165) is 19.2 Å². The number of hydrogen-bond donors (Lipinski definition) is 1. The topological polar surface area (TPSA) is 15.3 Å². The molecule has 1 aromatic rings. The number of rotatable bonds is 3. The molecule has 1 heterocycles. The Balaban J connectivity index is 2.15. The highest BCUT2D eigenvalue weighted by Crippen LogP contribution is 2.24. The van der Waals surface area contributed by atoms with E-state index in [4.69, 9.17) is 0 Å². The number of hydrogen-bond acceptors (Lipinski definition) is 2. The van der Waals surface area contributed by atoms with Crippen molar-refractivity contribution in [1.82, 2.24) is 10.2 Å². The molecule has 1 aliphatic heterocycles. The average molecular weight is 282 g/mol. The SMILES string of the molecule is CC(C)C1CN(Cc2cc(F)cc(F)c2)C(C)(C)CN1. The second-order valence-electron chi connectivity index (χ2n) is 6.70. The summed E-state index contributed by atoms with van der Waals surface area (Å²) in [6.45, 7) is 11.0. The maximum absolute atomic E-state index is 13.3. The van der Waals surface area contributed by atoms with Gasteiger partial charge in [0.05, 0.1) is 0 Å². The summed E-state index contributed by atoms with van der Waals surface area (Å²) in [6.07, 6.45) is 0. The molecule has 0 aromatic heterocycles. The van der Waals surface area contributed by atoms with Crippen LogP contribution in [-0.4, -0.2) is 29.6 Å². The highest BCUT2D eigenvalue weighted by atomic mass is 19.1. The molecule has 0 radical (unpaired) electrons. The molecular weight excluding hydrogens is 258 g/mol. The van der Waals surface area contributed by atoms with Crippen LogP contribution < -0.4 is 5.32 Å². The van der Waals surface area contributed by atoms with Crippen LogP contribution in [0.4, 0.5) is 8.78 Å². The Hall–Kier alpha value is -1.00. The summed E-state index contributed by atoms with van der Waals surface area (Å²) in [5.41, 5.74) is 0.675. The smallest absolute Gasteiger partial charge is 0.126 e. The maximum atomic E-state index is 13.3. The van der Waals surface area contributed by atoms with Crippen molar-refractivity contribution in [3.63, 3.8) is 0 Å². The van der Waals surface area contributed by atoms with Crippen molar-refractivity contribution < 1.29 is 8.78 Å². The van der Waals surface area contributed by atoms with Crippen molar-refractivity contribution in [2.75, 3.05) is 13.1 Å². The van der Waals surface area contributed by atoms with Crippen LogP contribution in [0.25, 0.3) is 0 Å². The number of piperazine rings is 1. The normalized spacial score (nSPS) is 23.2. The summed E-state index contributed by atoms with van der Waals surface area (Å²) in [6, 6.07) is 4.18. The fourth-order valence-corrected chi connectivity index (χ4v) is 2.69. The van der Waals surface area contributed by atoms with Gasteiger partial charge in [0.25, 0.3) is 0 Å². The largest absolute Gasteiger partial charge is 0.311 e. The lowest BCUT2D eigenvalue weighted by Crippen LogP contribution is -2.62. The summed E-state index contributed by atoms with van der Waals surface area (Å²) in [4.78, 5) is 2.31. The predicted molar refractivity (Wildman–Crippen MR) is 77.5 cm³/mol. The Bertz CT molecular complexity index is 451. The van der Waals surface area contributed by atoms with Gasteiger partial charge in [-0.1, -0.05) is 13.8 Å². The molecule has 0 bridgehead atoms. The zero-order valence-corrected chi connectivity index (χ0v) is 12.7. The first-order valence-corrected chi connectivity index (χ1v) is 7.21. The van der Waals surface area contributed by atoms with Crippen LogP contribution >= 0.6 is 0 Å². The standard InChI is InChI=1S/C16H24F2N2/c1-11(2)15-9-20(16(3,4)10-19-15)8-12-5-13(17)7-14(18)6-12/h5-7,11,15,19H,8-10H2,1-4H3. The zero-order valence-electron chi connectivity index (χ0n) is 12.7. The molecule has 0 amide bonds. The molecule has 2 nitrogen and oxygen atoms in total. The Labute approximate surface area is 120 Å². The molecule has 4 heteroatoms. The summed E-state index contributed by atoms with van der Waals surface area (Å²) >= 11 is 0. The van der Waals surface area contributed by atoms with Crippen LogP contribution in [0.3, 0.4) is 0 Å². The third-order valence-electron chi connectivity index (χ3n) is 4.17. The first-order chi connectivity index (χ1) is 9.28. The van der Waals surface area contributed by atoms with Crippen molar-refractivity contribution in [1.29, 1.82) is 0 Å². The van der Waals surface area contributed by atoms with Gasteiger partial charge in [-0.25, -0.2) is 8.78 Å². The van der Waals surface area contributed by atoms with E-state index in [1.807, 2.05) is 0 Å². The molecule has 0 spiro atoms. The second kappa shape index (κ2) is 5.78. The van der Waals surface area contributed by atoms with E-state index in [2.05, 4.69) is 37.9 Å². The van der Waals surface area contributed by atoms with Crippen LogP contribution in [0, 0.1) is 17.6 Å². The monoisotopic (exact) mass is 282 g/mol. The van der Waals surface area contributed by atoms with Crippen molar-refractivity contribution in [2.45, 2.75) is 45.8 Å². The lowest BCUT2D eigenvalue weighted by atomic mass is 9.92. The Morgan fingerprint density at radius 3 is 2.40 bits per heavy atom. The van der Waals surface area contributed by atoms with E-state index in [0.29, 0.717) is 24.1 Å². The molecule has 2 rings (SSSR count). The molecule has 1 aliphatic rings. The Morgan fingerprint density at radius 1 is 1.25 bits per heavy atom. The summed E-state index contributed by atoms with van der Waals surface area (Å²) < 4.78 is 26.6. The molecule has 0 saturated carbocycles. The van der Waals surface area contributed by atoms with Crippen molar-refractivity contribution in [3.8, 4) is 0 Å². The first kappa shape index (κ1) is 15.4. The van der Waals surface area contributed by atoms with E-state index in [-0.39, 0.29) is 5.54 Å². The van der Waals surface area contributed by atoms with Gasteiger partial charge in [-0.3, -0.25) is 4.90 Å². The fraction of sp³-hybridized carbons (Fsp3) is 0.625. The van der Waals surface area contributed by atoms with Gasteiger partial charge in [0.15, 0.2) is 0 Å². The van der Waals surface area contributed by atoms with E-state index in [9.17, 15) is 8.78 Å². The number of nitrogens with zero attached hydrogens (tertiary/aromatic N) is 1. The Kier molecular flexibility index (Phi) is 4.45. The predicted octanol–water partition coefficient (Wildman–Crippen LogP) is 3.17. The average Bonchev–Trinajstić information content (AvgIpc) is 2.30. The van der Waals surface area contributed by atoms with Gasteiger partial charge in [-0.05, 0) is 37.5 Å². The molecule has 20 heavy (non-hydrogen) atoms. The number of benzene rings is 1. The van der Waals surface area contributed by atoms with Crippen molar-refractivity contribution in [2.24, 2.45) is 5.92 Å². The van der Waals surface area contributed by atoms with Gasteiger partial charge < -0.3 is 5.32 Å². The third kappa shape index (κ3) is 3.55. The van der Waals surface area contributed by atoms with Crippen LogP contribution in [0.1, 0.15) is 33.3 Å². The molecule has 1 unspecified atom stereocenters. The van der Waals surface area contributed by atoms with Gasteiger partial charge >= 0.3 is 0 Å². The molecule has 1 saturated heterocycles. The summed E-state index contributed by atoms with van der Waals surface area (Å²) in [5.74, 6) is -0.473. The fourth-order valence-electron chi connectivity index (χ4n) is 2.69. The second-order valence-corrected chi connectivity index (χ2v) is 6.70. The van der Waals surface area contributed by atoms with E-state index in [1.165, 1.54) is 12.1 Å². The van der Waals surface area contributed by atoms with Gasteiger partial charge in [-0.15, -0.1) is 0 Å². The highest BCUT2D eigenvalue weighted by molar-refractivity contribution is 5.18. The molecule has 1 aromatic carbocycles. The maximum Gasteiger partial charge on any atom is 0.126 e. The molecule has 112 valence electrons. The minimum Gasteiger partial charge on any atom is -0.311 e. The summed E-state index contributed by atoms with van der Waals surface area (Å²) in [7, 11) is 0. The highest BCUT2D eigenvalue weighted by Gasteiger charge is 2.34. The van der Waals surface area contributed by atoms with E-state index in [1.54, 1.807) is 0 Å². The molecule has 1 N–H and O–H groups in total. The Morgan fingerprint density at radius 2 is 1.85 bits per heavy atom. The quantitative estimate of drug-likeness (QED) is 0.916. The van der Waals surface area contributed by atoms with Crippen LogP contribution in [-0.2, 0) is 6.54 Å².